The van der Waals surface area contributed by atoms with Crippen LogP contribution in [0.3, 0.4) is 0 Å². The third-order valence-electron chi connectivity index (χ3n) is 4.62. The van der Waals surface area contributed by atoms with Crippen LogP contribution >= 0.6 is 0 Å². The lowest BCUT2D eigenvalue weighted by Crippen LogP contribution is -2.12. The van der Waals surface area contributed by atoms with Gasteiger partial charge in [0.15, 0.2) is 0 Å². The van der Waals surface area contributed by atoms with E-state index in [4.69, 9.17) is 0 Å². The number of amides is 1. The highest BCUT2D eigenvalue weighted by molar-refractivity contribution is 5.75. The van der Waals surface area contributed by atoms with E-state index < -0.39 is 6.43 Å². The highest BCUT2D eigenvalue weighted by atomic mass is 19.3. The summed E-state index contributed by atoms with van der Waals surface area (Å²) in [5.41, 5.74) is 4.31. The van der Waals surface area contributed by atoms with Crippen LogP contribution in [-0.4, -0.2) is 16.2 Å². The van der Waals surface area contributed by atoms with Crippen LogP contribution in [0.4, 0.5) is 14.5 Å². The maximum absolute atomic E-state index is 12.0. The monoisotopic (exact) mass is 349 g/mol. The van der Waals surface area contributed by atoms with E-state index >= 15 is 0 Å². The van der Waals surface area contributed by atoms with Gasteiger partial charge in [0, 0.05) is 18.9 Å². The van der Waals surface area contributed by atoms with Crippen LogP contribution in [0.25, 0.3) is 0 Å². The number of carbonyl (C=O) groups excluding carboxylic acids is 1. The molecule has 1 aliphatic rings. The molecule has 136 valence electrons. The Morgan fingerprint density at radius 3 is 2.56 bits per heavy atom. The van der Waals surface area contributed by atoms with E-state index in [9.17, 15) is 13.6 Å². The average Bonchev–Trinajstić information content (AvgIpc) is 2.97. The molecule has 0 spiro atoms. The summed E-state index contributed by atoms with van der Waals surface area (Å²) in [4.78, 5) is 10.5. The van der Waals surface area contributed by atoms with E-state index in [1.165, 1.54) is 15.8 Å². The lowest BCUT2D eigenvalue weighted by atomic mass is 9.86. The zero-order chi connectivity index (χ0) is 18.8. The number of anilines is 1. The number of aromatic nitrogens is 2. The van der Waals surface area contributed by atoms with Crippen molar-refractivity contribution in [3.05, 3.63) is 46.8 Å². The minimum atomic E-state index is -2.46. The van der Waals surface area contributed by atoms with Crippen molar-refractivity contribution in [2.24, 2.45) is 7.05 Å². The van der Waals surface area contributed by atoms with E-state index in [0.29, 0.717) is 11.5 Å². The molecule has 25 heavy (non-hydrogen) atoms. The second kappa shape index (κ2) is 7.33. The van der Waals surface area contributed by atoms with Crippen LogP contribution < -0.4 is 5.32 Å². The molecule has 1 aromatic heterocycles. The number of nitrogens with zero attached hydrogens (tertiary/aromatic N) is 2. The fourth-order valence-corrected chi connectivity index (χ4v) is 3.69. The van der Waals surface area contributed by atoms with Crippen molar-refractivity contribution in [1.29, 1.82) is 0 Å². The van der Waals surface area contributed by atoms with Crippen LogP contribution in [-0.2, 0) is 17.3 Å². The summed E-state index contributed by atoms with van der Waals surface area (Å²) in [6.45, 7) is 8.37. The van der Waals surface area contributed by atoms with Gasteiger partial charge in [-0.05, 0) is 47.4 Å². The summed E-state index contributed by atoms with van der Waals surface area (Å²) in [6.07, 6.45) is 1.02. The molecule has 1 N–H and O–H groups in total. The van der Waals surface area contributed by atoms with Gasteiger partial charge in [-0.15, -0.1) is 0 Å². The van der Waals surface area contributed by atoms with Crippen molar-refractivity contribution >= 4 is 12.1 Å². The van der Waals surface area contributed by atoms with Gasteiger partial charge in [-0.2, -0.15) is 5.10 Å². The number of hydrogen-bond acceptors (Lipinski definition) is 2. The molecule has 3 rings (SSSR count). The molecule has 0 bridgehead atoms. The Hall–Kier alpha value is -2.24. The largest absolute Gasteiger partial charge is 0.328 e. The third-order valence-corrected chi connectivity index (χ3v) is 4.62. The molecule has 1 aromatic carbocycles. The molecule has 6 heteroatoms. The Labute approximate surface area is 147 Å². The molecule has 0 radical (unpaired) electrons. The summed E-state index contributed by atoms with van der Waals surface area (Å²) < 4.78 is 25.3. The number of aryl methyl sites for hydroxylation is 2. The van der Waals surface area contributed by atoms with E-state index in [1.807, 2.05) is 12.1 Å². The Morgan fingerprint density at radius 2 is 2.08 bits per heavy atom. The standard InChI is InChI=1S/C13H17NO.C6H8F2N2/c1-9-7-13(2,3)10-5-4-6-11(12(9)10)14-8-15;1-4-3-10(2)9-5(4)6(7)8/h4-6,8-9H,7H2,1-3H3,(H,14,15);3,6H,1-2H3. The average molecular weight is 349 g/mol. The first-order valence-electron chi connectivity index (χ1n) is 8.29. The maximum Gasteiger partial charge on any atom is 0.282 e. The summed E-state index contributed by atoms with van der Waals surface area (Å²) in [6, 6.07) is 6.17. The number of fused-ring (bicyclic) bond motifs is 1. The molecule has 0 saturated heterocycles. The Balaban J connectivity index is 0.000000196. The number of hydrogen-bond donors (Lipinski definition) is 1. The normalized spacial score (nSPS) is 17.7. The first-order valence-corrected chi connectivity index (χ1v) is 8.29. The molecular formula is C19H25F2N3O. The van der Waals surface area contributed by atoms with Gasteiger partial charge in [-0.25, -0.2) is 8.78 Å². The van der Waals surface area contributed by atoms with Crippen LogP contribution in [0.2, 0.25) is 0 Å². The Bertz CT molecular complexity index is 753. The zero-order valence-electron chi connectivity index (χ0n) is 15.3. The quantitative estimate of drug-likeness (QED) is 0.816. The minimum Gasteiger partial charge on any atom is -0.328 e. The van der Waals surface area contributed by atoms with Crippen molar-refractivity contribution in [3.63, 3.8) is 0 Å². The van der Waals surface area contributed by atoms with Crippen LogP contribution in [0.15, 0.2) is 24.4 Å². The van der Waals surface area contributed by atoms with Gasteiger partial charge in [-0.3, -0.25) is 9.48 Å². The van der Waals surface area contributed by atoms with Crippen molar-refractivity contribution in [1.82, 2.24) is 9.78 Å². The molecule has 4 nitrogen and oxygen atoms in total. The number of nitrogens with one attached hydrogen (secondary N) is 1. The lowest BCUT2D eigenvalue weighted by Gasteiger charge is -2.19. The van der Waals surface area contributed by atoms with E-state index in [2.05, 4.69) is 37.3 Å². The molecule has 1 aliphatic carbocycles. The smallest absolute Gasteiger partial charge is 0.282 e. The molecule has 0 saturated carbocycles. The predicted molar refractivity (Wildman–Crippen MR) is 95.1 cm³/mol. The van der Waals surface area contributed by atoms with Crippen molar-refractivity contribution in [2.45, 2.75) is 51.9 Å². The van der Waals surface area contributed by atoms with Crippen molar-refractivity contribution < 1.29 is 13.6 Å². The molecule has 0 fully saturated rings. The maximum atomic E-state index is 12.0. The van der Waals surface area contributed by atoms with Gasteiger partial charge < -0.3 is 5.32 Å². The fraction of sp³-hybridized carbons (Fsp3) is 0.474. The predicted octanol–water partition coefficient (Wildman–Crippen LogP) is 4.71. The van der Waals surface area contributed by atoms with E-state index in [1.54, 1.807) is 20.2 Å². The Kier molecular flexibility index (Phi) is 5.60. The number of carbonyl (C=O) groups is 1. The molecular weight excluding hydrogens is 324 g/mol. The zero-order valence-corrected chi connectivity index (χ0v) is 15.3. The first kappa shape index (κ1) is 19.1. The minimum absolute atomic E-state index is 0.123. The van der Waals surface area contributed by atoms with Crippen LogP contribution in [0, 0.1) is 6.92 Å². The molecule has 1 atom stereocenters. The fourth-order valence-electron chi connectivity index (χ4n) is 3.69. The topological polar surface area (TPSA) is 46.9 Å². The van der Waals surface area contributed by atoms with Gasteiger partial charge in [-0.1, -0.05) is 32.9 Å². The molecule has 1 amide bonds. The van der Waals surface area contributed by atoms with Crippen LogP contribution in [0.5, 0.6) is 0 Å². The van der Waals surface area contributed by atoms with Crippen molar-refractivity contribution in [3.8, 4) is 0 Å². The van der Waals surface area contributed by atoms with Gasteiger partial charge in [0.2, 0.25) is 6.41 Å². The number of alkyl halides is 2. The van der Waals surface area contributed by atoms with Gasteiger partial charge in [0.25, 0.3) is 6.43 Å². The summed E-state index contributed by atoms with van der Waals surface area (Å²) >= 11 is 0. The first-order chi connectivity index (χ1) is 11.7. The highest BCUT2D eigenvalue weighted by Crippen LogP contribution is 2.48. The Morgan fingerprint density at radius 1 is 1.40 bits per heavy atom. The lowest BCUT2D eigenvalue weighted by molar-refractivity contribution is -0.105. The summed E-state index contributed by atoms with van der Waals surface area (Å²) in [5, 5.41) is 6.37. The second-order valence-electron chi connectivity index (χ2n) is 7.19. The van der Waals surface area contributed by atoms with Gasteiger partial charge >= 0.3 is 0 Å². The summed E-state index contributed by atoms with van der Waals surface area (Å²) in [5.74, 6) is 0.527. The van der Waals surface area contributed by atoms with Crippen LogP contribution in [0.1, 0.15) is 61.9 Å². The third kappa shape index (κ3) is 4.06. The molecule has 2 aromatic rings. The highest BCUT2D eigenvalue weighted by Gasteiger charge is 2.35. The van der Waals surface area contributed by atoms with E-state index in [-0.39, 0.29) is 11.1 Å². The summed E-state index contributed by atoms with van der Waals surface area (Å²) in [7, 11) is 1.62. The number of rotatable bonds is 3. The van der Waals surface area contributed by atoms with Gasteiger partial charge in [0.05, 0.1) is 0 Å². The number of benzene rings is 1. The SMILES string of the molecule is CC1CC(C)(C)c2cccc(NC=O)c21.Cc1cn(C)nc1C(F)F. The molecule has 1 heterocycles. The van der Waals surface area contributed by atoms with Crippen molar-refractivity contribution in [2.75, 3.05) is 5.32 Å². The second-order valence-corrected chi connectivity index (χ2v) is 7.19. The van der Waals surface area contributed by atoms with Gasteiger partial charge in [0.1, 0.15) is 5.69 Å². The molecule has 1 unspecified atom stereocenters. The molecule has 0 aliphatic heterocycles. The van der Waals surface area contributed by atoms with E-state index in [0.717, 1.165) is 18.5 Å². The number of halogens is 2.